The fourth-order valence-corrected chi connectivity index (χ4v) is 2.88. The minimum Gasteiger partial charge on any atom is -0.340 e. The number of nitrogens with zero attached hydrogens (tertiary/aromatic N) is 2. The van der Waals surface area contributed by atoms with Gasteiger partial charge in [-0.25, -0.2) is 0 Å². The van der Waals surface area contributed by atoms with E-state index in [2.05, 4.69) is 24.1 Å². The molecule has 4 nitrogen and oxygen atoms in total. The van der Waals surface area contributed by atoms with E-state index in [1.165, 1.54) is 19.3 Å². The van der Waals surface area contributed by atoms with E-state index in [0.717, 1.165) is 38.8 Å². The van der Waals surface area contributed by atoms with Crippen LogP contribution in [-0.4, -0.2) is 60.5 Å². The van der Waals surface area contributed by atoms with E-state index in [4.69, 9.17) is 0 Å². The molecule has 2 fully saturated rings. The minimum absolute atomic E-state index is 0.335. The third kappa shape index (κ3) is 3.45. The molecule has 1 N–H and O–H groups in total. The normalized spacial score (nSPS) is 21.4. The Hall–Kier alpha value is -0.610. The summed E-state index contributed by atoms with van der Waals surface area (Å²) in [5, 5.41) is 3.28. The average Bonchev–Trinajstić information content (AvgIpc) is 2.32. The van der Waals surface area contributed by atoms with Gasteiger partial charge in [-0.3, -0.25) is 9.69 Å². The first-order valence-electron chi connectivity index (χ1n) is 7.42. The predicted octanol–water partition coefficient (Wildman–Crippen LogP) is 1.07. The van der Waals surface area contributed by atoms with Gasteiger partial charge >= 0.3 is 0 Å². The van der Waals surface area contributed by atoms with Gasteiger partial charge in [0.2, 0.25) is 5.91 Å². The standard InChI is InChI=1S/C14H27N3O/c1-12(2)17(13-4-3-5-13)9-6-14(18)16-10-7-15-8-11-16/h12-13,15H,3-11H2,1-2H3. The molecule has 1 aliphatic carbocycles. The highest BCUT2D eigenvalue weighted by molar-refractivity contribution is 5.76. The number of carbonyl (C=O) groups is 1. The number of nitrogens with one attached hydrogen (secondary N) is 1. The second-order valence-electron chi connectivity index (χ2n) is 5.80. The average molecular weight is 253 g/mol. The first kappa shape index (κ1) is 13.8. The maximum absolute atomic E-state index is 12.1. The van der Waals surface area contributed by atoms with Gasteiger partial charge in [0.05, 0.1) is 0 Å². The van der Waals surface area contributed by atoms with Gasteiger partial charge in [-0.05, 0) is 26.7 Å². The van der Waals surface area contributed by atoms with Crippen LogP contribution < -0.4 is 5.32 Å². The molecule has 0 atom stereocenters. The van der Waals surface area contributed by atoms with Gasteiger partial charge < -0.3 is 10.2 Å². The van der Waals surface area contributed by atoms with Crippen molar-refractivity contribution in [2.45, 2.75) is 51.6 Å². The molecule has 18 heavy (non-hydrogen) atoms. The lowest BCUT2D eigenvalue weighted by molar-refractivity contribution is -0.132. The van der Waals surface area contributed by atoms with Crippen LogP contribution in [0.1, 0.15) is 39.5 Å². The number of amides is 1. The summed E-state index contributed by atoms with van der Waals surface area (Å²) in [5.74, 6) is 0.335. The molecule has 0 unspecified atom stereocenters. The topological polar surface area (TPSA) is 35.6 Å². The maximum atomic E-state index is 12.1. The Morgan fingerprint density at radius 1 is 1.33 bits per heavy atom. The minimum atomic E-state index is 0.335. The fraction of sp³-hybridized carbons (Fsp3) is 0.929. The quantitative estimate of drug-likeness (QED) is 0.796. The third-order valence-electron chi connectivity index (χ3n) is 4.26. The van der Waals surface area contributed by atoms with Crippen LogP contribution in [0.2, 0.25) is 0 Å². The van der Waals surface area contributed by atoms with Crippen molar-refractivity contribution in [2.24, 2.45) is 0 Å². The van der Waals surface area contributed by atoms with Crippen molar-refractivity contribution in [1.29, 1.82) is 0 Å². The Bertz CT molecular complexity index is 270. The molecule has 1 amide bonds. The summed E-state index contributed by atoms with van der Waals surface area (Å²) >= 11 is 0. The third-order valence-corrected chi connectivity index (χ3v) is 4.26. The highest BCUT2D eigenvalue weighted by Crippen LogP contribution is 2.26. The van der Waals surface area contributed by atoms with Gasteiger partial charge in [0, 0.05) is 51.2 Å². The zero-order valence-corrected chi connectivity index (χ0v) is 11.8. The maximum Gasteiger partial charge on any atom is 0.223 e. The van der Waals surface area contributed by atoms with Crippen molar-refractivity contribution in [2.75, 3.05) is 32.7 Å². The molecule has 2 rings (SSSR count). The van der Waals surface area contributed by atoms with Gasteiger partial charge in [-0.2, -0.15) is 0 Å². The Kier molecular flexibility index (Phi) is 5.01. The Morgan fingerprint density at radius 3 is 2.50 bits per heavy atom. The van der Waals surface area contributed by atoms with Crippen LogP contribution in [0.15, 0.2) is 0 Å². The smallest absolute Gasteiger partial charge is 0.223 e. The molecule has 1 heterocycles. The first-order valence-corrected chi connectivity index (χ1v) is 7.42. The molecule has 0 radical (unpaired) electrons. The van der Waals surface area contributed by atoms with Crippen LogP contribution in [0.25, 0.3) is 0 Å². The Morgan fingerprint density at radius 2 is 2.00 bits per heavy atom. The van der Waals surface area contributed by atoms with Gasteiger partial charge in [0.25, 0.3) is 0 Å². The highest BCUT2D eigenvalue weighted by Gasteiger charge is 2.27. The summed E-state index contributed by atoms with van der Waals surface area (Å²) in [4.78, 5) is 16.7. The number of carbonyl (C=O) groups excluding carboxylic acids is 1. The lowest BCUT2D eigenvalue weighted by atomic mass is 9.90. The van der Waals surface area contributed by atoms with Gasteiger partial charge in [-0.15, -0.1) is 0 Å². The van der Waals surface area contributed by atoms with Crippen LogP contribution in [0.3, 0.4) is 0 Å². The number of piperazine rings is 1. The monoisotopic (exact) mass is 253 g/mol. The second kappa shape index (κ2) is 6.53. The van der Waals surface area contributed by atoms with Crippen LogP contribution in [0.5, 0.6) is 0 Å². The lowest BCUT2D eigenvalue weighted by Gasteiger charge is -2.40. The zero-order chi connectivity index (χ0) is 13.0. The van der Waals surface area contributed by atoms with Gasteiger partial charge in [-0.1, -0.05) is 6.42 Å². The first-order chi connectivity index (χ1) is 8.68. The summed E-state index contributed by atoms with van der Waals surface area (Å²) in [6.45, 7) is 9.07. The van der Waals surface area contributed by atoms with Crippen LogP contribution >= 0.6 is 0 Å². The lowest BCUT2D eigenvalue weighted by Crippen LogP contribution is -2.49. The number of hydrogen-bond acceptors (Lipinski definition) is 3. The number of rotatable bonds is 5. The summed E-state index contributed by atoms with van der Waals surface area (Å²) in [5.41, 5.74) is 0. The molecule has 1 aliphatic heterocycles. The zero-order valence-electron chi connectivity index (χ0n) is 11.8. The summed E-state index contributed by atoms with van der Waals surface area (Å²) in [6, 6.07) is 1.30. The molecule has 4 heteroatoms. The summed E-state index contributed by atoms with van der Waals surface area (Å²) in [7, 11) is 0. The van der Waals surface area contributed by atoms with Crippen LogP contribution in [0.4, 0.5) is 0 Å². The molecular formula is C14H27N3O. The molecule has 0 spiro atoms. The molecule has 0 aromatic rings. The Labute approximate surface area is 111 Å². The molecule has 1 saturated heterocycles. The van der Waals surface area contributed by atoms with Crippen molar-refractivity contribution in [3.63, 3.8) is 0 Å². The molecule has 104 valence electrons. The largest absolute Gasteiger partial charge is 0.340 e. The molecule has 0 aromatic heterocycles. The highest BCUT2D eigenvalue weighted by atomic mass is 16.2. The Balaban J connectivity index is 1.75. The molecule has 0 bridgehead atoms. The second-order valence-corrected chi connectivity index (χ2v) is 5.80. The molecular weight excluding hydrogens is 226 g/mol. The van der Waals surface area contributed by atoms with E-state index in [1.807, 2.05) is 4.90 Å². The molecule has 2 aliphatic rings. The van der Waals surface area contributed by atoms with E-state index in [1.54, 1.807) is 0 Å². The van der Waals surface area contributed by atoms with Crippen molar-refractivity contribution < 1.29 is 4.79 Å². The summed E-state index contributed by atoms with van der Waals surface area (Å²) in [6.07, 6.45) is 4.69. The van der Waals surface area contributed by atoms with Crippen LogP contribution in [-0.2, 0) is 4.79 Å². The SMILES string of the molecule is CC(C)N(CCC(=O)N1CCNCC1)C1CCC1. The van der Waals surface area contributed by atoms with Crippen LogP contribution in [0, 0.1) is 0 Å². The van der Waals surface area contributed by atoms with Crippen molar-refractivity contribution >= 4 is 5.91 Å². The van der Waals surface area contributed by atoms with E-state index in [9.17, 15) is 4.79 Å². The number of hydrogen-bond donors (Lipinski definition) is 1. The van der Waals surface area contributed by atoms with E-state index in [0.29, 0.717) is 18.4 Å². The van der Waals surface area contributed by atoms with Gasteiger partial charge in [0.15, 0.2) is 0 Å². The molecule has 0 aromatic carbocycles. The van der Waals surface area contributed by atoms with E-state index >= 15 is 0 Å². The van der Waals surface area contributed by atoms with Crippen molar-refractivity contribution in [1.82, 2.24) is 15.1 Å². The molecule has 1 saturated carbocycles. The van der Waals surface area contributed by atoms with E-state index in [-0.39, 0.29) is 0 Å². The van der Waals surface area contributed by atoms with Gasteiger partial charge in [0.1, 0.15) is 0 Å². The van der Waals surface area contributed by atoms with E-state index < -0.39 is 0 Å². The summed E-state index contributed by atoms with van der Waals surface area (Å²) < 4.78 is 0. The van der Waals surface area contributed by atoms with Crippen molar-refractivity contribution in [3.8, 4) is 0 Å². The fourth-order valence-electron chi connectivity index (χ4n) is 2.88. The van der Waals surface area contributed by atoms with Crippen molar-refractivity contribution in [3.05, 3.63) is 0 Å². The predicted molar refractivity (Wildman–Crippen MR) is 73.5 cm³/mol.